The molecule has 0 spiro atoms. The van der Waals surface area contributed by atoms with Crippen molar-refractivity contribution in [2.75, 3.05) is 26.8 Å². The first-order valence-electron chi connectivity index (χ1n) is 4.00. The van der Waals surface area contributed by atoms with Crippen LogP contribution in [0.2, 0.25) is 0 Å². The highest BCUT2D eigenvalue weighted by Crippen LogP contribution is 2.13. The molecule has 0 atom stereocenters. The third-order valence-electron chi connectivity index (χ3n) is 1.97. The van der Waals surface area contributed by atoms with Gasteiger partial charge in [-0.2, -0.15) is 0 Å². The highest BCUT2D eigenvalue weighted by atomic mass is 16.5. The lowest BCUT2D eigenvalue weighted by molar-refractivity contribution is -0.139. The van der Waals surface area contributed by atoms with Gasteiger partial charge in [-0.15, -0.1) is 0 Å². The fourth-order valence-electron chi connectivity index (χ4n) is 1.15. The van der Waals surface area contributed by atoms with Crippen molar-refractivity contribution < 1.29 is 14.3 Å². The first kappa shape index (κ1) is 9.19. The van der Waals surface area contributed by atoms with Crippen LogP contribution >= 0.6 is 0 Å². The number of methoxy groups -OCH3 is 1. The predicted molar refractivity (Wildman–Crippen MR) is 42.6 cm³/mol. The van der Waals surface area contributed by atoms with Crippen LogP contribution in [0.25, 0.3) is 0 Å². The van der Waals surface area contributed by atoms with Gasteiger partial charge in [0.1, 0.15) is 6.29 Å². The molecule has 1 heterocycles. The number of rotatable bonds is 4. The summed E-state index contributed by atoms with van der Waals surface area (Å²) in [5.41, 5.74) is 0. The summed E-state index contributed by atoms with van der Waals surface area (Å²) in [6, 6.07) is 0. The van der Waals surface area contributed by atoms with E-state index in [0.29, 0.717) is 26.1 Å². The van der Waals surface area contributed by atoms with Gasteiger partial charge >= 0.3 is 0 Å². The smallest absolute Gasteiger partial charge is 0.224 e. The molecule has 1 amide bonds. The number of hydrogen-bond donors (Lipinski definition) is 0. The number of carbonyl (C=O) groups is 2. The lowest BCUT2D eigenvalue weighted by Crippen LogP contribution is -2.50. The van der Waals surface area contributed by atoms with E-state index in [-0.39, 0.29) is 11.8 Å². The van der Waals surface area contributed by atoms with Gasteiger partial charge in [-0.3, -0.25) is 4.79 Å². The fraction of sp³-hybridized carbons (Fsp3) is 0.750. The number of carbonyl (C=O) groups excluding carboxylic acids is 2. The zero-order valence-corrected chi connectivity index (χ0v) is 7.16. The number of likely N-dealkylation sites (tertiary alicyclic amines) is 1. The fourth-order valence-corrected chi connectivity index (χ4v) is 1.15. The molecule has 0 aromatic heterocycles. The largest absolute Gasteiger partial charge is 0.384 e. The maximum Gasteiger partial charge on any atom is 0.224 e. The van der Waals surface area contributed by atoms with E-state index in [2.05, 4.69) is 0 Å². The van der Waals surface area contributed by atoms with E-state index in [0.717, 1.165) is 6.29 Å². The molecule has 1 rings (SSSR count). The van der Waals surface area contributed by atoms with Crippen LogP contribution in [0.3, 0.4) is 0 Å². The quantitative estimate of drug-likeness (QED) is 0.545. The van der Waals surface area contributed by atoms with Crippen LogP contribution in [0.4, 0.5) is 0 Å². The summed E-state index contributed by atoms with van der Waals surface area (Å²) < 4.78 is 4.77. The van der Waals surface area contributed by atoms with E-state index in [4.69, 9.17) is 4.74 Å². The van der Waals surface area contributed by atoms with Crippen molar-refractivity contribution in [1.29, 1.82) is 0 Å². The molecule has 1 aliphatic rings. The third-order valence-corrected chi connectivity index (χ3v) is 1.97. The summed E-state index contributed by atoms with van der Waals surface area (Å²) in [5.74, 6) is 0.145. The summed E-state index contributed by atoms with van der Waals surface area (Å²) in [6.45, 7) is 1.64. The van der Waals surface area contributed by atoms with Gasteiger partial charge in [-0.25, -0.2) is 0 Å². The molecule has 1 saturated heterocycles. The molecule has 0 unspecified atom stereocenters. The topological polar surface area (TPSA) is 46.6 Å². The molecular formula is C8H13NO3. The molecule has 0 aromatic carbocycles. The van der Waals surface area contributed by atoms with E-state index in [1.165, 1.54) is 0 Å². The Morgan fingerprint density at radius 3 is 2.83 bits per heavy atom. The number of amides is 1. The zero-order chi connectivity index (χ0) is 8.97. The minimum absolute atomic E-state index is 0.0662. The Bertz CT molecular complexity index is 175. The standard InChI is InChI=1S/C8H13NO3/c1-12-3-2-8(11)9-4-7(5-9)6-10/h6-7H,2-5H2,1H3. The number of ether oxygens (including phenoxy) is 1. The molecule has 1 fully saturated rings. The minimum Gasteiger partial charge on any atom is -0.384 e. The average Bonchev–Trinajstić information content (AvgIpc) is 1.99. The minimum atomic E-state index is 0.0662. The van der Waals surface area contributed by atoms with E-state index >= 15 is 0 Å². The summed E-state index contributed by atoms with van der Waals surface area (Å²) in [7, 11) is 1.57. The molecule has 12 heavy (non-hydrogen) atoms. The van der Waals surface area contributed by atoms with Gasteiger partial charge in [0.05, 0.1) is 13.0 Å². The van der Waals surface area contributed by atoms with Gasteiger partial charge < -0.3 is 14.4 Å². The molecule has 4 nitrogen and oxygen atoms in total. The number of hydrogen-bond acceptors (Lipinski definition) is 3. The van der Waals surface area contributed by atoms with Crippen molar-refractivity contribution in [3.63, 3.8) is 0 Å². The van der Waals surface area contributed by atoms with Crippen molar-refractivity contribution in [3.05, 3.63) is 0 Å². The van der Waals surface area contributed by atoms with Crippen molar-refractivity contribution in [2.45, 2.75) is 6.42 Å². The zero-order valence-electron chi connectivity index (χ0n) is 7.16. The first-order chi connectivity index (χ1) is 5.77. The Balaban J connectivity index is 2.14. The van der Waals surface area contributed by atoms with Crippen molar-refractivity contribution in [3.8, 4) is 0 Å². The molecular weight excluding hydrogens is 158 g/mol. The molecule has 0 saturated carbocycles. The molecule has 0 bridgehead atoms. The van der Waals surface area contributed by atoms with Crippen molar-refractivity contribution in [2.24, 2.45) is 5.92 Å². The van der Waals surface area contributed by atoms with Crippen LogP contribution < -0.4 is 0 Å². The Labute approximate surface area is 71.5 Å². The van der Waals surface area contributed by atoms with Crippen LogP contribution in [0.15, 0.2) is 0 Å². The van der Waals surface area contributed by atoms with Crippen LogP contribution in [-0.2, 0) is 14.3 Å². The van der Waals surface area contributed by atoms with Crippen molar-refractivity contribution >= 4 is 12.2 Å². The lowest BCUT2D eigenvalue weighted by atomic mass is 10.0. The maximum absolute atomic E-state index is 11.2. The molecule has 0 aliphatic carbocycles. The molecule has 0 aromatic rings. The van der Waals surface area contributed by atoms with E-state index < -0.39 is 0 Å². The van der Waals surface area contributed by atoms with Gasteiger partial charge in [0.2, 0.25) is 5.91 Å². The van der Waals surface area contributed by atoms with E-state index in [1.807, 2.05) is 0 Å². The summed E-state index contributed by atoms with van der Waals surface area (Å²) in [6.07, 6.45) is 1.32. The van der Waals surface area contributed by atoms with Crippen LogP contribution in [0, 0.1) is 5.92 Å². The highest BCUT2D eigenvalue weighted by molar-refractivity contribution is 5.78. The second-order valence-electron chi connectivity index (χ2n) is 2.94. The number of nitrogens with zero attached hydrogens (tertiary/aromatic N) is 1. The van der Waals surface area contributed by atoms with Gasteiger partial charge in [0, 0.05) is 26.1 Å². The predicted octanol–water partition coefficient (Wildman–Crippen LogP) is -0.320. The summed E-state index contributed by atoms with van der Waals surface area (Å²) in [4.78, 5) is 23.1. The maximum atomic E-state index is 11.2. The lowest BCUT2D eigenvalue weighted by Gasteiger charge is -2.36. The Kier molecular flexibility index (Phi) is 3.22. The normalized spacial score (nSPS) is 17.2. The second kappa shape index (κ2) is 4.21. The molecule has 68 valence electrons. The number of aldehydes is 1. The van der Waals surface area contributed by atoms with E-state index in [9.17, 15) is 9.59 Å². The van der Waals surface area contributed by atoms with Crippen LogP contribution in [0.1, 0.15) is 6.42 Å². The Hall–Kier alpha value is -0.900. The molecule has 1 aliphatic heterocycles. The molecule has 4 heteroatoms. The molecule has 0 radical (unpaired) electrons. The van der Waals surface area contributed by atoms with E-state index in [1.54, 1.807) is 12.0 Å². The first-order valence-corrected chi connectivity index (χ1v) is 4.00. The van der Waals surface area contributed by atoms with Gasteiger partial charge in [-0.1, -0.05) is 0 Å². The van der Waals surface area contributed by atoms with Crippen LogP contribution in [-0.4, -0.2) is 43.9 Å². The Morgan fingerprint density at radius 2 is 2.33 bits per heavy atom. The van der Waals surface area contributed by atoms with Crippen molar-refractivity contribution in [1.82, 2.24) is 4.90 Å². The average molecular weight is 171 g/mol. The van der Waals surface area contributed by atoms with Gasteiger partial charge in [0.25, 0.3) is 0 Å². The van der Waals surface area contributed by atoms with Crippen LogP contribution in [0.5, 0.6) is 0 Å². The van der Waals surface area contributed by atoms with Gasteiger partial charge in [-0.05, 0) is 0 Å². The summed E-state index contributed by atoms with van der Waals surface area (Å²) in [5, 5.41) is 0. The molecule has 0 N–H and O–H groups in total. The van der Waals surface area contributed by atoms with Gasteiger partial charge in [0.15, 0.2) is 0 Å². The monoisotopic (exact) mass is 171 g/mol. The Morgan fingerprint density at radius 1 is 1.67 bits per heavy atom. The third kappa shape index (κ3) is 2.04. The highest BCUT2D eigenvalue weighted by Gasteiger charge is 2.29. The second-order valence-corrected chi connectivity index (χ2v) is 2.94. The SMILES string of the molecule is COCCC(=O)N1CC(C=O)C1. The summed E-state index contributed by atoms with van der Waals surface area (Å²) >= 11 is 0.